The first-order valence-corrected chi connectivity index (χ1v) is 11.2. The van der Waals surface area contributed by atoms with E-state index in [0.29, 0.717) is 12.0 Å². The molecule has 3 rings (SSSR count). The van der Waals surface area contributed by atoms with Gasteiger partial charge >= 0.3 is 0 Å². The molecule has 2 fully saturated rings. The van der Waals surface area contributed by atoms with Crippen LogP contribution in [0.15, 0.2) is 24.8 Å². The van der Waals surface area contributed by atoms with Crippen LogP contribution in [0.3, 0.4) is 0 Å². The smallest absolute Gasteiger partial charge is 0.0575 e. The maximum atomic E-state index is 6.24. The molecule has 0 spiro atoms. The zero-order valence-corrected chi connectivity index (χ0v) is 16.5. The zero-order chi connectivity index (χ0) is 17.5. The summed E-state index contributed by atoms with van der Waals surface area (Å²) in [5.41, 5.74) is 0. The minimum absolute atomic E-state index is 0.549. The van der Waals surface area contributed by atoms with Crippen molar-refractivity contribution in [2.75, 3.05) is 6.61 Å². The SMILES string of the molecule is C=CCCC1CCC(C2C=CC(COC3CCC(C)CC3)CC2)CC1. The maximum absolute atomic E-state index is 6.24. The average molecular weight is 345 g/mol. The summed E-state index contributed by atoms with van der Waals surface area (Å²) in [5, 5.41) is 0. The van der Waals surface area contributed by atoms with E-state index >= 15 is 0 Å². The van der Waals surface area contributed by atoms with Gasteiger partial charge in [-0.3, -0.25) is 0 Å². The summed E-state index contributed by atoms with van der Waals surface area (Å²) >= 11 is 0. The fourth-order valence-electron chi connectivity index (χ4n) is 5.35. The molecule has 0 radical (unpaired) electrons. The molecule has 0 saturated heterocycles. The lowest BCUT2D eigenvalue weighted by Crippen LogP contribution is -2.26. The zero-order valence-electron chi connectivity index (χ0n) is 16.5. The summed E-state index contributed by atoms with van der Waals surface area (Å²) in [6.45, 7) is 7.22. The van der Waals surface area contributed by atoms with Crippen molar-refractivity contribution >= 4 is 0 Å². The molecule has 0 N–H and O–H groups in total. The molecular weight excluding hydrogens is 304 g/mol. The third-order valence-electron chi connectivity index (χ3n) is 7.29. The van der Waals surface area contributed by atoms with Gasteiger partial charge in [0, 0.05) is 5.92 Å². The van der Waals surface area contributed by atoms with E-state index in [9.17, 15) is 0 Å². The predicted molar refractivity (Wildman–Crippen MR) is 108 cm³/mol. The first-order valence-electron chi connectivity index (χ1n) is 11.2. The highest BCUT2D eigenvalue weighted by Gasteiger charge is 2.28. The number of rotatable bonds is 7. The Hall–Kier alpha value is -0.560. The van der Waals surface area contributed by atoms with Crippen LogP contribution in [0.5, 0.6) is 0 Å². The molecular formula is C24H40O. The Morgan fingerprint density at radius 3 is 2.32 bits per heavy atom. The van der Waals surface area contributed by atoms with Crippen molar-refractivity contribution in [3.8, 4) is 0 Å². The highest BCUT2D eigenvalue weighted by molar-refractivity contribution is 5.01. The van der Waals surface area contributed by atoms with Gasteiger partial charge < -0.3 is 4.74 Å². The molecule has 142 valence electrons. The molecule has 2 atom stereocenters. The highest BCUT2D eigenvalue weighted by atomic mass is 16.5. The summed E-state index contributed by atoms with van der Waals surface area (Å²) in [6, 6.07) is 0. The molecule has 3 aliphatic rings. The van der Waals surface area contributed by atoms with Gasteiger partial charge in [0.15, 0.2) is 0 Å². The van der Waals surface area contributed by atoms with Crippen LogP contribution in [0, 0.1) is 29.6 Å². The van der Waals surface area contributed by atoms with Crippen LogP contribution < -0.4 is 0 Å². The van der Waals surface area contributed by atoms with Crippen LogP contribution >= 0.6 is 0 Å². The van der Waals surface area contributed by atoms with Crippen molar-refractivity contribution in [3.05, 3.63) is 24.8 Å². The lowest BCUT2D eigenvalue weighted by Gasteiger charge is -2.35. The normalized spacial score (nSPS) is 39.2. The third-order valence-corrected chi connectivity index (χ3v) is 7.29. The molecule has 0 heterocycles. The summed E-state index contributed by atoms with van der Waals surface area (Å²) < 4.78 is 6.24. The minimum Gasteiger partial charge on any atom is -0.378 e. The van der Waals surface area contributed by atoms with Gasteiger partial charge in [0.25, 0.3) is 0 Å². The Morgan fingerprint density at radius 2 is 1.68 bits per heavy atom. The number of hydrogen-bond acceptors (Lipinski definition) is 1. The topological polar surface area (TPSA) is 9.23 Å². The molecule has 0 aliphatic heterocycles. The van der Waals surface area contributed by atoms with E-state index in [2.05, 4.69) is 31.7 Å². The molecule has 2 saturated carbocycles. The quantitative estimate of drug-likeness (QED) is 0.455. The molecule has 0 amide bonds. The summed E-state index contributed by atoms with van der Waals surface area (Å²) in [5.74, 6) is 4.38. The second-order valence-corrected chi connectivity index (χ2v) is 9.25. The van der Waals surface area contributed by atoms with Gasteiger partial charge in [-0.25, -0.2) is 0 Å². The van der Waals surface area contributed by atoms with Crippen molar-refractivity contribution in [3.63, 3.8) is 0 Å². The molecule has 0 aromatic carbocycles. The van der Waals surface area contributed by atoms with Crippen molar-refractivity contribution in [1.29, 1.82) is 0 Å². The van der Waals surface area contributed by atoms with E-state index in [1.807, 2.05) is 0 Å². The lowest BCUT2D eigenvalue weighted by molar-refractivity contribution is 0.00441. The maximum Gasteiger partial charge on any atom is 0.0575 e. The number of allylic oxidation sites excluding steroid dienone is 2. The largest absolute Gasteiger partial charge is 0.378 e. The second-order valence-electron chi connectivity index (χ2n) is 9.25. The van der Waals surface area contributed by atoms with E-state index < -0.39 is 0 Å². The Morgan fingerprint density at radius 1 is 0.920 bits per heavy atom. The van der Waals surface area contributed by atoms with E-state index in [-0.39, 0.29) is 0 Å². The van der Waals surface area contributed by atoms with Crippen molar-refractivity contribution in [2.45, 2.75) is 90.1 Å². The molecule has 1 heteroatoms. The van der Waals surface area contributed by atoms with E-state index in [4.69, 9.17) is 4.74 Å². The van der Waals surface area contributed by atoms with E-state index in [0.717, 1.165) is 30.3 Å². The van der Waals surface area contributed by atoms with Crippen molar-refractivity contribution in [1.82, 2.24) is 0 Å². The van der Waals surface area contributed by atoms with Crippen molar-refractivity contribution < 1.29 is 4.74 Å². The Kier molecular flexibility index (Phi) is 7.65. The lowest BCUT2D eigenvalue weighted by atomic mass is 9.71. The Balaban J connectivity index is 1.34. The van der Waals surface area contributed by atoms with Crippen LogP contribution in [0.25, 0.3) is 0 Å². The van der Waals surface area contributed by atoms with Gasteiger partial charge in [-0.2, -0.15) is 0 Å². The molecule has 3 aliphatic carbocycles. The number of ether oxygens (including phenoxy) is 1. The first kappa shape index (κ1) is 19.2. The molecule has 0 aromatic heterocycles. The van der Waals surface area contributed by atoms with Crippen LogP contribution in [0.4, 0.5) is 0 Å². The predicted octanol–water partition coefficient (Wildman–Crippen LogP) is 6.94. The van der Waals surface area contributed by atoms with Crippen LogP contribution in [0.1, 0.15) is 84.0 Å². The van der Waals surface area contributed by atoms with Gasteiger partial charge in [-0.15, -0.1) is 6.58 Å². The van der Waals surface area contributed by atoms with Crippen LogP contribution in [-0.4, -0.2) is 12.7 Å². The van der Waals surface area contributed by atoms with Gasteiger partial charge in [0.2, 0.25) is 0 Å². The van der Waals surface area contributed by atoms with E-state index in [1.165, 1.54) is 77.0 Å². The Labute approximate surface area is 156 Å². The van der Waals surface area contributed by atoms with E-state index in [1.54, 1.807) is 0 Å². The summed E-state index contributed by atoms with van der Waals surface area (Å²) in [7, 11) is 0. The van der Waals surface area contributed by atoms with Gasteiger partial charge in [-0.1, -0.05) is 38.0 Å². The Bertz CT molecular complexity index is 410. The average Bonchev–Trinajstić information content (AvgIpc) is 2.67. The van der Waals surface area contributed by atoms with Gasteiger partial charge in [0.05, 0.1) is 12.7 Å². The first-order chi connectivity index (χ1) is 12.2. The van der Waals surface area contributed by atoms with Gasteiger partial charge in [0.1, 0.15) is 0 Å². The third kappa shape index (κ3) is 5.98. The van der Waals surface area contributed by atoms with Crippen LogP contribution in [-0.2, 0) is 4.74 Å². The highest BCUT2D eigenvalue weighted by Crippen LogP contribution is 2.40. The number of hydrogen-bond donors (Lipinski definition) is 0. The molecule has 25 heavy (non-hydrogen) atoms. The molecule has 2 unspecified atom stereocenters. The second kappa shape index (κ2) is 9.95. The van der Waals surface area contributed by atoms with Crippen LogP contribution in [0.2, 0.25) is 0 Å². The molecule has 0 aromatic rings. The summed E-state index contributed by atoms with van der Waals surface area (Å²) in [6.07, 6.45) is 24.2. The summed E-state index contributed by atoms with van der Waals surface area (Å²) in [4.78, 5) is 0. The monoisotopic (exact) mass is 344 g/mol. The fraction of sp³-hybridized carbons (Fsp3) is 0.833. The van der Waals surface area contributed by atoms with Gasteiger partial charge in [-0.05, 0) is 87.9 Å². The minimum atomic E-state index is 0.549. The molecule has 0 bridgehead atoms. The molecule has 1 nitrogen and oxygen atoms in total. The standard InChI is InChI=1S/C24H40O/c1-3-4-5-20-8-12-22(13-9-20)23-14-10-21(11-15-23)18-25-24-16-6-19(2)7-17-24/h3,10,14,19-24H,1,4-9,11-13,15-18H2,2H3. The van der Waals surface area contributed by atoms with Crippen molar-refractivity contribution in [2.24, 2.45) is 29.6 Å². The fourth-order valence-corrected chi connectivity index (χ4v) is 5.35.